The summed E-state index contributed by atoms with van der Waals surface area (Å²) >= 11 is 0. The zero-order valence-electron chi connectivity index (χ0n) is 11.9. The molecule has 1 fully saturated rings. The van der Waals surface area contributed by atoms with E-state index in [1.165, 1.54) is 0 Å². The highest BCUT2D eigenvalue weighted by atomic mass is 16.5. The van der Waals surface area contributed by atoms with Crippen molar-refractivity contribution in [3.8, 4) is 0 Å². The van der Waals surface area contributed by atoms with E-state index in [4.69, 9.17) is 9.84 Å². The first-order valence-electron chi connectivity index (χ1n) is 6.65. The highest BCUT2D eigenvalue weighted by molar-refractivity contribution is 5.83. The Balaban J connectivity index is 2.38. The summed E-state index contributed by atoms with van der Waals surface area (Å²) in [5.74, 6) is -0.605. The topological polar surface area (TPSA) is 87.7 Å². The van der Waals surface area contributed by atoms with Gasteiger partial charge in [-0.05, 0) is 24.2 Å². The fourth-order valence-corrected chi connectivity index (χ4v) is 2.02. The van der Waals surface area contributed by atoms with Gasteiger partial charge in [0.1, 0.15) is 6.04 Å². The normalized spacial score (nSPS) is 18.7. The smallest absolute Gasteiger partial charge is 0.326 e. The second kappa shape index (κ2) is 6.75. The molecule has 0 spiro atoms. The van der Waals surface area contributed by atoms with E-state index in [-0.39, 0.29) is 0 Å². The van der Waals surface area contributed by atoms with E-state index in [0.717, 1.165) is 26.1 Å². The van der Waals surface area contributed by atoms with Crippen LogP contribution in [0.4, 0.5) is 4.79 Å². The Morgan fingerprint density at radius 1 is 1.32 bits per heavy atom. The van der Waals surface area contributed by atoms with Crippen molar-refractivity contribution in [1.82, 2.24) is 10.6 Å². The van der Waals surface area contributed by atoms with Crippen LogP contribution in [0.1, 0.15) is 33.6 Å². The molecule has 1 atom stereocenters. The number of hydrogen-bond acceptors (Lipinski definition) is 3. The summed E-state index contributed by atoms with van der Waals surface area (Å²) in [6.45, 7) is 7.37. The Labute approximate surface area is 113 Å². The molecule has 1 aliphatic heterocycles. The number of carbonyl (C=O) groups excluding carboxylic acids is 1. The van der Waals surface area contributed by atoms with Crippen molar-refractivity contribution >= 4 is 12.0 Å². The van der Waals surface area contributed by atoms with Crippen LogP contribution in [0.15, 0.2) is 0 Å². The van der Waals surface area contributed by atoms with Crippen LogP contribution in [0, 0.1) is 11.3 Å². The molecule has 0 aromatic heterocycles. The first-order chi connectivity index (χ1) is 8.80. The van der Waals surface area contributed by atoms with Crippen molar-refractivity contribution < 1.29 is 19.4 Å². The maximum absolute atomic E-state index is 11.7. The minimum atomic E-state index is -1.02. The van der Waals surface area contributed by atoms with Crippen LogP contribution in [-0.4, -0.2) is 42.9 Å². The Hall–Kier alpha value is -1.30. The molecule has 19 heavy (non-hydrogen) atoms. The van der Waals surface area contributed by atoms with Crippen LogP contribution in [0.25, 0.3) is 0 Å². The van der Waals surface area contributed by atoms with Crippen molar-refractivity contribution in [2.45, 2.75) is 39.7 Å². The van der Waals surface area contributed by atoms with E-state index in [2.05, 4.69) is 10.6 Å². The predicted molar refractivity (Wildman–Crippen MR) is 71.0 cm³/mol. The van der Waals surface area contributed by atoms with Crippen molar-refractivity contribution in [3.63, 3.8) is 0 Å². The van der Waals surface area contributed by atoms with Gasteiger partial charge in [0.15, 0.2) is 0 Å². The van der Waals surface area contributed by atoms with Gasteiger partial charge in [0.2, 0.25) is 0 Å². The van der Waals surface area contributed by atoms with E-state index in [9.17, 15) is 9.59 Å². The van der Waals surface area contributed by atoms with Crippen LogP contribution >= 0.6 is 0 Å². The van der Waals surface area contributed by atoms with Gasteiger partial charge >= 0.3 is 12.0 Å². The lowest BCUT2D eigenvalue weighted by molar-refractivity contribution is -0.141. The molecule has 0 aliphatic carbocycles. The van der Waals surface area contributed by atoms with E-state index < -0.39 is 23.5 Å². The molecule has 0 saturated carbocycles. The molecular weight excluding hydrogens is 248 g/mol. The number of amides is 2. The molecule has 0 aromatic rings. The minimum absolute atomic E-state index is 0.414. The second-order valence-electron chi connectivity index (χ2n) is 6.05. The summed E-state index contributed by atoms with van der Waals surface area (Å²) in [4.78, 5) is 22.9. The first-order valence-corrected chi connectivity index (χ1v) is 6.65. The van der Waals surface area contributed by atoms with E-state index in [0.29, 0.717) is 12.5 Å². The van der Waals surface area contributed by atoms with Gasteiger partial charge in [0.25, 0.3) is 0 Å². The molecule has 1 saturated heterocycles. The van der Waals surface area contributed by atoms with E-state index in [1.54, 1.807) is 20.8 Å². The Morgan fingerprint density at radius 3 is 2.37 bits per heavy atom. The van der Waals surface area contributed by atoms with Crippen LogP contribution in [0.2, 0.25) is 0 Å². The van der Waals surface area contributed by atoms with Crippen LogP contribution in [0.5, 0.6) is 0 Å². The number of carboxylic acid groups (broad SMARTS) is 1. The fraction of sp³-hybridized carbons (Fsp3) is 0.846. The Morgan fingerprint density at radius 2 is 1.89 bits per heavy atom. The molecule has 3 N–H and O–H groups in total. The zero-order chi connectivity index (χ0) is 14.5. The molecule has 110 valence electrons. The van der Waals surface area contributed by atoms with Crippen molar-refractivity contribution in [1.29, 1.82) is 0 Å². The Kier molecular flexibility index (Phi) is 5.60. The molecule has 6 heteroatoms. The summed E-state index contributed by atoms with van der Waals surface area (Å²) in [5.41, 5.74) is -0.526. The highest BCUT2D eigenvalue weighted by Gasteiger charge is 2.32. The number of carboxylic acids is 1. The van der Waals surface area contributed by atoms with Gasteiger partial charge in [-0.2, -0.15) is 0 Å². The minimum Gasteiger partial charge on any atom is -0.480 e. The SMILES string of the molecule is CC(C)(C)C(NC(=O)NCC1CCOCC1)C(=O)O. The number of aliphatic carboxylic acids is 1. The zero-order valence-corrected chi connectivity index (χ0v) is 11.9. The number of urea groups is 1. The van der Waals surface area contributed by atoms with E-state index >= 15 is 0 Å². The number of hydrogen-bond donors (Lipinski definition) is 3. The molecule has 2 amide bonds. The first kappa shape index (κ1) is 15.8. The monoisotopic (exact) mass is 272 g/mol. The molecule has 0 radical (unpaired) electrons. The van der Waals surface area contributed by atoms with Gasteiger partial charge in [-0.3, -0.25) is 0 Å². The van der Waals surface area contributed by atoms with Crippen LogP contribution < -0.4 is 10.6 Å². The number of carbonyl (C=O) groups is 2. The second-order valence-corrected chi connectivity index (χ2v) is 6.05. The van der Waals surface area contributed by atoms with Gasteiger partial charge in [0, 0.05) is 19.8 Å². The predicted octanol–water partition coefficient (Wildman–Crippen LogP) is 1.21. The summed E-state index contributed by atoms with van der Waals surface area (Å²) < 4.78 is 5.24. The van der Waals surface area contributed by atoms with Crippen LogP contribution in [-0.2, 0) is 9.53 Å². The maximum atomic E-state index is 11.7. The molecule has 0 bridgehead atoms. The van der Waals surface area contributed by atoms with Crippen molar-refractivity contribution in [2.24, 2.45) is 11.3 Å². The third-order valence-electron chi connectivity index (χ3n) is 3.28. The van der Waals surface area contributed by atoms with Gasteiger partial charge in [0.05, 0.1) is 0 Å². The molecule has 1 aliphatic rings. The van der Waals surface area contributed by atoms with Crippen LogP contribution in [0.3, 0.4) is 0 Å². The maximum Gasteiger partial charge on any atom is 0.326 e. The number of ether oxygens (including phenoxy) is 1. The largest absolute Gasteiger partial charge is 0.480 e. The van der Waals surface area contributed by atoms with E-state index in [1.807, 2.05) is 0 Å². The van der Waals surface area contributed by atoms with Crippen molar-refractivity contribution in [3.05, 3.63) is 0 Å². The summed E-state index contributed by atoms with van der Waals surface area (Å²) in [6, 6.07) is -1.32. The lowest BCUT2D eigenvalue weighted by Gasteiger charge is -2.28. The standard InChI is InChI=1S/C13H24N2O4/c1-13(2,3)10(11(16)17)15-12(18)14-8-9-4-6-19-7-5-9/h9-10H,4-8H2,1-3H3,(H,16,17)(H2,14,15,18). The third-order valence-corrected chi connectivity index (χ3v) is 3.28. The Bertz CT molecular complexity index is 319. The van der Waals surface area contributed by atoms with Gasteiger partial charge < -0.3 is 20.5 Å². The van der Waals surface area contributed by atoms with Gasteiger partial charge in [-0.25, -0.2) is 9.59 Å². The molecule has 1 unspecified atom stereocenters. The summed E-state index contributed by atoms with van der Waals surface area (Å²) in [6.07, 6.45) is 1.86. The lowest BCUT2D eigenvalue weighted by atomic mass is 9.87. The average molecular weight is 272 g/mol. The summed E-state index contributed by atoms with van der Waals surface area (Å²) in [7, 11) is 0. The number of rotatable bonds is 4. The fourth-order valence-electron chi connectivity index (χ4n) is 2.02. The lowest BCUT2D eigenvalue weighted by Crippen LogP contribution is -2.52. The summed E-state index contributed by atoms with van der Waals surface area (Å²) in [5, 5.41) is 14.4. The average Bonchev–Trinajstić information content (AvgIpc) is 2.33. The molecule has 1 rings (SSSR count). The molecular formula is C13H24N2O4. The van der Waals surface area contributed by atoms with Crippen molar-refractivity contribution in [2.75, 3.05) is 19.8 Å². The number of nitrogens with one attached hydrogen (secondary N) is 2. The molecule has 1 heterocycles. The third kappa shape index (κ3) is 5.46. The quantitative estimate of drug-likeness (QED) is 0.718. The molecule has 6 nitrogen and oxygen atoms in total. The van der Waals surface area contributed by atoms with Gasteiger partial charge in [-0.1, -0.05) is 20.8 Å². The molecule has 0 aromatic carbocycles. The highest BCUT2D eigenvalue weighted by Crippen LogP contribution is 2.19. The van der Waals surface area contributed by atoms with Gasteiger partial charge in [-0.15, -0.1) is 0 Å².